The maximum Gasteiger partial charge on any atom is 0.311 e. The third kappa shape index (κ3) is 3.87. The molecule has 1 saturated heterocycles. The van der Waals surface area contributed by atoms with E-state index in [1.165, 1.54) is 0 Å². The standard InChI is InChI=1S/C14H15ClINO4/c15-9-1-2-11(16)10(7-9)12(18)17-8-14(13(19)20)3-5-21-6-4-14/h1-2,7H,3-6,8H2,(H,17,18)(H,19,20). The molecule has 21 heavy (non-hydrogen) atoms. The van der Waals surface area contributed by atoms with Crippen LogP contribution in [0.25, 0.3) is 0 Å². The second-order valence-corrected chi connectivity index (χ2v) is 6.60. The van der Waals surface area contributed by atoms with Gasteiger partial charge in [-0.2, -0.15) is 0 Å². The number of carboxylic acid groups (broad SMARTS) is 1. The molecule has 0 radical (unpaired) electrons. The number of aliphatic carboxylic acids is 1. The molecule has 0 saturated carbocycles. The fraction of sp³-hybridized carbons (Fsp3) is 0.429. The van der Waals surface area contributed by atoms with Crippen molar-refractivity contribution in [1.82, 2.24) is 5.32 Å². The monoisotopic (exact) mass is 423 g/mol. The van der Waals surface area contributed by atoms with Crippen molar-refractivity contribution in [2.24, 2.45) is 5.41 Å². The average Bonchev–Trinajstić information content (AvgIpc) is 2.48. The summed E-state index contributed by atoms with van der Waals surface area (Å²) in [6.07, 6.45) is 0.796. The van der Waals surface area contributed by atoms with E-state index in [-0.39, 0.29) is 12.5 Å². The quantitative estimate of drug-likeness (QED) is 0.730. The summed E-state index contributed by atoms with van der Waals surface area (Å²) in [7, 11) is 0. The summed E-state index contributed by atoms with van der Waals surface area (Å²) in [6, 6.07) is 5.03. The zero-order valence-electron chi connectivity index (χ0n) is 11.2. The number of carbonyl (C=O) groups excluding carboxylic acids is 1. The number of hydrogen-bond donors (Lipinski definition) is 2. The topological polar surface area (TPSA) is 75.6 Å². The highest BCUT2D eigenvalue weighted by Crippen LogP contribution is 2.30. The van der Waals surface area contributed by atoms with E-state index in [1.807, 2.05) is 22.6 Å². The molecule has 5 nitrogen and oxygen atoms in total. The highest BCUT2D eigenvalue weighted by molar-refractivity contribution is 14.1. The molecule has 1 aromatic carbocycles. The summed E-state index contributed by atoms with van der Waals surface area (Å²) in [5, 5.41) is 12.6. The van der Waals surface area contributed by atoms with E-state index in [2.05, 4.69) is 5.32 Å². The Morgan fingerprint density at radius 2 is 2.05 bits per heavy atom. The Bertz CT molecular complexity index is 558. The van der Waals surface area contributed by atoms with E-state index >= 15 is 0 Å². The highest BCUT2D eigenvalue weighted by atomic mass is 127. The van der Waals surface area contributed by atoms with Crippen molar-refractivity contribution in [1.29, 1.82) is 0 Å². The SMILES string of the molecule is O=C(NCC1(C(=O)O)CCOCC1)c1cc(Cl)ccc1I. The number of ether oxygens (including phenoxy) is 1. The predicted octanol–water partition coefficient (Wildman–Crippen LogP) is 2.56. The first-order valence-electron chi connectivity index (χ1n) is 6.49. The maximum atomic E-state index is 12.2. The van der Waals surface area contributed by atoms with Gasteiger partial charge in [0.15, 0.2) is 0 Å². The third-order valence-corrected chi connectivity index (χ3v) is 4.84. The van der Waals surface area contributed by atoms with Gasteiger partial charge in [-0.25, -0.2) is 0 Å². The summed E-state index contributed by atoms with van der Waals surface area (Å²) in [4.78, 5) is 23.7. The van der Waals surface area contributed by atoms with E-state index in [9.17, 15) is 14.7 Å². The highest BCUT2D eigenvalue weighted by Gasteiger charge is 2.40. The molecule has 0 bridgehead atoms. The largest absolute Gasteiger partial charge is 0.481 e. The maximum absolute atomic E-state index is 12.2. The summed E-state index contributed by atoms with van der Waals surface area (Å²) < 4.78 is 5.98. The van der Waals surface area contributed by atoms with Crippen LogP contribution < -0.4 is 5.32 Å². The number of benzene rings is 1. The van der Waals surface area contributed by atoms with Gasteiger partial charge in [0.05, 0.1) is 11.0 Å². The normalized spacial score (nSPS) is 17.2. The van der Waals surface area contributed by atoms with Gasteiger partial charge in [-0.3, -0.25) is 9.59 Å². The fourth-order valence-corrected chi connectivity index (χ4v) is 3.00. The van der Waals surface area contributed by atoms with Crippen molar-refractivity contribution in [2.45, 2.75) is 12.8 Å². The third-order valence-electron chi connectivity index (χ3n) is 3.66. The Morgan fingerprint density at radius 3 is 2.67 bits per heavy atom. The lowest BCUT2D eigenvalue weighted by molar-refractivity contribution is -0.154. The second kappa shape index (κ2) is 6.93. The van der Waals surface area contributed by atoms with Crippen LogP contribution in [0, 0.1) is 8.99 Å². The van der Waals surface area contributed by atoms with Crippen molar-refractivity contribution in [3.63, 3.8) is 0 Å². The molecule has 114 valence electrons. The van der Waals surface area contributed by atoms with Crippen molar-refractivity contribution >= 4 is 46.1 Å². The Balaban J connectivity index is 2.08. The first kappa shape index (κ1) is 16.5. The molecule has 2 N–H and O–H groups in total. The molecule has 1 aliphatic heterocycles. The number of hydrogen-bond acceptors (Lipinski definition) is 3. The lowest BCUT2D eigenvalue weighted by atomic mass is 9.80. The van der Waals surface area contributed by atoms with Gasteiger partial charge < -0.3 is 15.2 Å². The van der Waals surface area contributed by atoms with Gasteiger partial charge in [-0.1, -0.05) is 11.6 Å². The summed E-state index contributed by atoms with van der Waals surface area (Å²) in [5.74, 6) is -1.21. The van der Waals surface area contributed by atoms with Gasteiger partial charge in [0.2, 0.25) is 0 Å². The van der Waals surface area contributed by atoms with Gasteiger partial charge in [-0.15, -0.1) is 0 Å². The van der Waals surface area contributed by atoms with Crippen LogP contribution in [0.3, 0.4) is 0 Å². The molecule has 0 aromatic heterocycles. The number of amides is 1. The first-order chi connectivity index (χ1) is 9.94. The second-order valence-electron chi connectivity index (χ2n) is 5.00. The van der Waals surface area contributed by atoms with Crippen molar-refractivity contribution < 1.29 is 19.4 Å². The van der Waals surface area contributed by atoms with Crippen LogP contribution in [0.15, 0.2) is 18.2 Å². The molecule has 1 fully saturated rings. The summed E-state index contributed by atoms with van der Waals surface area (Å²) in [5.41, 5.74) is -0.492. The van der Waals surface area contributed by atoms with Gasteiger partial charge in [0.25, 0.3) is 5.91 Å². The minimum atomic E-state index is -0.947. The predicted molar refractivity (Wildman–Crippen MR) is 86.6 cm³/mol. The molecule has 0 unspecified atom stereocenters. The van der Waals surface area contributed by atoms with Crippen molar-refractivity contribution in [3.05, 3.63) is 32.4 Å². The molecule has 0 aliphatic carbocycles. The Labute approximate surface area is 141 Å². The van der Waals surface area contributed by atoms with E-state index < -0.39 is 11.4 Å². The number of nitrogens with one attached hydrogen (secondary N) is 1. The van der Waals surface area contributed by atoms with Crippen molar-refractivity contribution in [3.8, 4) is 0 Å². The van der Waals surface area contributed by atoms with Gasteiger partial charge in [-0.05, 0) is 53.6 Å². The summed E-state index contributed by atoms with van der Waals surface area (Å²) in [6.45, 7) is 0.890. The molecule has 1 aliphatic rings. The minimum Gasteiger partial charge on any atom is -0.481 e. The van der Waals surface area contributed by atoms with E-state index in [4.69, 9.17) is 16.3 Å². The van der Waals surface area contributed by atoms with Crippen LogP contribution in [-0.2, 0) is 9.53 Å². The Morgan fingerprint density at radius 1 is 1.38 bits per heavy atom. The fourth-order valence-electron chi connectivity index (χ4n) is 2.24. The summed E-state index contributed by atoms with van der Waals surface area (Å²) >= 11 is 7.94. The first-order valence-corrected chi connectivity index (χ1v) is 7.95. The smallest absolute Gasteiger partial charge is 0.311 e. The zero-order chi connectivity index (χ0) is 15.5. The lowest BCUT2D eigenvalue weighted by Crippen LogP contribution is -2.46. The van der Waals surface area contributed by atoms with E-state index in [0.29, 0.717) is 36.6 Å². The van der Waals surface area contributed by atoms with Gasteiger partial charge in [0, 0.05) is 28.4 Å². The molecule has 0 spiro atoms. The molecule has 1 heterocycles. The number of carboxylic acids is 1. The van der Waals surface area contributed by atoms with E-state index in [1.54, 1.807) is 18.2 Å². The van der Waals surface area contributed by atoms with Crippen LogP contribution in [0.2, 0.25) is 5.02 Å². The van der Waals surface area contributed by atoms with E-state index in [0.717, 1.165) is 3.57 Å². The Hall–Kier alpha value is -0.860. The Kier molecular flexibility index (Phi) is 5.45. The van der Waals surface area contributed by atoms with Gasteiger partial charge >= 0.3 is 5.97 Å². The van der Waals surface area contributed by atoms with Crippen LogP contribution >= 0.6 is 34.2 Å². The minimum absolute atomic E-state index is 0.0904. The number of rotatable bonds is 4. The van der Waals surface area contributed by atoms with Crippen molar-refractivity contribution in [2.75, 3.05) is 19.8 Å². The van der Waals surface area contributed by atoms with Crippen LogP contribution in [0.5, 0.6) is 0 Å². The number of carbonyl (C=O) groups is 2. The lowest BCUT2D eigenvalue weighted by Gasteiger charge is -2.33. The van der Waals surface area contributed by atoms with Crippen LogP contribution in [0.4, 0.5) is 0 Å². The van der Waals surface area contributed by atoms with Gasteiger partial charge in [0.1, 0.15) is 0 Å². The molecule has 0 atom stereocenters. The molecular weight excluding hydrogens is 409 g/mol. The molecular formula is C14H15ClINO4. The molecule has 1 amide bonds. The number of halogens is 2. The molecule has 2 rings (SSSR count). The molecule has 7 heteroatoms. The van der Waals surface area contributed by atoms with Crippen LogP contribution in [0.1, 0.15) is 23.2 Å². The van der Waals surface area contributed by atoms with Crippen LogP contribution in [-0.4, -0.2) is 36.7 Å². The average molecular weight is 424 g/mol. The molecule has 1 aromatic rings. The zero-order valence-corrected chi connectivity index (χ0v) is 14.1.